The van der Waals surface area contributed by atoms with E-state index >= 15 is 0 Å². The summed E-state index contributed by atoms with van der Waals surface area (Å²) in [5.41, 5.74) is 0.868. The maximum absolute atomic E-state index is 8.74. The molecule has 1 atom stereocenters. The number of hydrogen-bond donors (Lipinski definition) is 4. The van der Waals surface area contributed by atoms with Gasteiger partial charge in [0.1, 0.15) is 0 Å². The zero-order chi connectivity index (χ0) is 18.1. The molecule has 0 radical (unpaired) electrons. The van der Waals surface area contributed by atoms with Gasteiger partial charge >= 0.3 is 10.4 Å². The highest BCUT2D eigenvalue weighted by Gasteiger charge is 2.21. The number of guanidine groups is 1. The van der Waals surface area contributed by atoms with Crippen LogP contribution < -0.4 is 10.6 Å². The number of hydrogen-bond acceptors (Lipinski definition) is 5. The smallest absolute Gasteiger partial charge is 0.352 e. The molecular weight excluding hydrogens is 322 g/mol. The van der Waals surface area contributed by atoms with Gasteiger partial charge < -0.3 is 10.6 Å². The van der Waals surface area contributed by atoms with Crippen molar-refractivity contribution < 1.29 is 17.5 Å². The highest BCUT2D eigenvalue weighted by Crippen LogP contribution is 2.18. The zero-order valence-corrected chi connectivity index (χ0v) is 14.2. The zero-order valence-electron chi connectivity index (χ0n) is 13.3. The van der Waals surface area contributed by atoms with Gasteiger partial charge in [0.15, 0.2) is 0 Å². The number of nitrogens with one attached hydrogen (secondary N) is 2. The van der Waals surface area contributed by atoms with Crippen molar-refractivity contribution in [2.75, 3.05) is 5.32 Å². The number of rotatable bonds is 2. The molecule has 0 aliphatic carbocycles. The van der Waals surface area contributed by atoms with Crippen molar-refractivity contribution in [1.82, 2.24) is 10.3 Å². The van der Waals surface area contributed by atoms with Gasteiger partial charge in [-0.05, 0) is 24.5 Å². The first kappa shape index (κ1) is 20.8. The van der Waals surface area contributed by atoms with Crippen LogP contribution in [0.4, 0.5) is 5.69 Å². The van der Waals surface area contributed by atoms with Gasteiger partial charge in [0.05, 0.1) is 11.9 Å². The molecule has 0 saturated carbocycles. The van der Waals surface area contributed by atoms with Gasteiger partial charge in [0.2, 0.25) is 12.2 Å². The molecule has 1 heterocycles. The average molecular weight is 343 g/mol. The van der Waals surface area contributed by atoms with Crippen LogP contribution in [0.1, 0.15) is 27.7 Å². The lowest BCUT2D eigenvalue weighted by atomic mass is 9.88. The molecule has 10 heteroatoms. The predicted molar refractivity (Wildman–Crippen MR) is 87.1 cm³/mol. The number of nitrogens with zero attached hydrogens (tertiary/aromatic N) is 3. The van der Waals surface area contributed by atoms with E-state index < -0.39 is 10.4 Å². The standard InChI is InChI=1S/C13H19N5.H2O4S/c1-10(13(2,3)4)17-12(16-9-14)18-11-6-5-7-15-8-11;1-5(2,3)4/h5-8,10H,1-4H3,(H2,16,17,18);(H2,1,2,3,4). The molecule has 0 aliphatic rings. The Hall–Kier alpha value is -2.22. The lowest BCUT2D eigenvalue weighted by molar-refractivity contribution is 0.316. The SMILES string of the molecule is CC(NC(=NC#N)Nc1cccnc1)C(C)(C)C.O=S(=O)(O)O. The average Bonchev–Trinajstić information content (AvgIpc) is 2.37. The van der Waals surface area contributed by atoms with Crippen LogP contribution in [0, 0.1) is 16.9 Å². The lowest BCUT2D eigenvalue weighted by Gasteiger charge is -2.29. The Balaban J connectivity index is 0.000000841. The highest BCUT2D eigenvalue weighted by atomic mass is 32.3. The van der Waals surface area contributed by atoms with Gasteiger partial charge in [-0.3, -0.25) is 14.1 Å². The van der Waals surface area contributed by atoms with Crippen LogP contribution >= 0.6 is 0 Å². The third-order valence-corrected chi connectivity index (χ3v) is 2.74. The van der Waals surface area contributed by atoms with Gasteiger partial charge in [-0.15, -0.1) is 4.99 Å². The molecule has 4 N–H and O–H groups in total. The van der Waals surface area contributed by atoms with Gasteiger partial charge in [0, 0.05) is 12.2 Å². The Morgan fingerprint density at radius 1 is 1.43 bits per heavy atom. The van der Waals surface area contributed by atoms with Crippen LogP contribution in [-0.4, -0.2) is 34.5 Å². The minimum atomic E-state index is -4.67. The van der Waals surface area contributed by atoms with Crippen LogP contribution in [0.5, 0.6) is 0 Å². The van der Waals surface area contributed by atoms with Crippen molar-refractivity contribution in [3.05, 3.63) is 24.5 Å². The van der Waals surface area contributed by atoms with Gasteiger partial charge in [0.25, 0.3) is 0 Å². The molecule has 0 amide bonds. The van der Waals surface area contributed by atoms with Crippen molar-refractivity contribution in [3.8, 4) is 6.19 Å². The first-order chi connectivity index (χ1) is 10.4. The highest BCUT2D eigenvalue weighted by molar-refractivity contribution is 7.79. The van der Waals surface area contributed by atoms with E-state index in [0.29, 0.717) is 5.96 Å². The third-order valence-electron chi connectivity index (χ3n) is 2.74. The largest absolute Gasteiger partial charge is 0.394 e. The first-order valence-electron chi connectivity index (χ1n) is 6.53. The normalized spacial score (nSPS) is 13.2. The summed E-state index contributed by atoms with van der Waals surface area (Å²) in [4.78, 5) is 7.74. The molecule has 1 aromatic rings. The molecule has 1 unspecified atom stereocenters. The number of pyridine rings is 1. The summed E-state index contributed by atoms with van der Waals surface area (Å²) >= 11 is 0. The number of nitriles is 1. The van der Waals surface area contributed by atoms with Crippen LogP contribution in [0.2, 0.25) is 0 Å². The first-order valence-corrected chi connectivity index (χ1v) is 7.93. The summed E-state index contributed by atoms with van der Waals surface area (Å²) in [7, 11) is -4.67. The summed E-state index contributed by atoms with van der Waals surface area (Å²) in [6, 6.07) is 3.86. The predicted octanol–water partition coefficient (Wildman–Crippen LogP) is 1.70. The van der Waals surface area contributed by atoms with E-state index in [4.69, 9.17) is 22.8 Å². The quantitative estimate of drug-likeness (QED) is 0.274. The molecule has 0 saturated heterocycles. The minimum absolute atomic E-state index is 0.0762. The van der Waals surface area contributed by atoms with Crippen LogP contribution in [0.15, 0.2) is 29.5 Å². The fraction of sp³-hybridized carbons (Fsp3) is 0.462. The van der Waals surface area contributed by atoms with E-state index in [-0.39, 0.29) is 11.5 Å². The van der Waals surface area contributed by atoms with E-state index in [0.717, 1.165) is 5.69 Å². The molecule has 0 aliphatic heterocycles. The molecule has 0 bridgehead atoms. The second-order valence-electron chi connectivity index (χ2n) is 5.61. The monoisotopic (exact) mass is 343 g/mol. The van der Waals surface area contributed by atoms with Crippen molar-refractivity contribution in [1.29, 1.82) is 5.26 Å². The van der Waals surface area contributed by atoms with E-state index in [1.165, 1.54) is 0 Å². The Labute approximate surface area is 136 Å². The second-order valence-corrected chi connectivity index (χ2v) is 6.50. The summed E-state index contributed by atoms with van der Waals surface area (Å²) in [6.07, 6.45) is 5.16. The topological polar surface area (TPSA) is 148 Å². The summed E-state index contributed by atoms with van der Waals surface area (Å²) < 4.78 is 31.6. The maximum atomic E-state index is 8.74. The van der Waals surface area contributed by atoms with E-state index in [2.05, 4.69) is 48.3 Å². The summed E-state index contributed by atoms with van der Waals surface area (Å²) in [5, 5.41) is 14.9. The van der Waals surface area contributed by atoms with Gasteiger partial charge in [-0.2, -0.15) is 13.7 Å². The Morgan fingerprint density at radius 3 is 2.39 bits per heavy atom. The molecule has 1 rings (SSSR count). The van der Waals surface area contributed by atoms with E-state index in [1.54, 1.807) is 18.6 Å². The molecule has 1 aromatic heterocycles. The van der Waals surface area contributed by atoms with Crippen molar-refractivity contribution in [2.45, 2.75) is 33.7 Å². The fourth-order valence-electron chi connectivity index (χ4n) is 1.14. The van der Waals surface area contributed by atoms with E-state index in [1.807, 2.05) is 12.1 Å². The molecular formula is C13H21N5O4S. The molecule has 0 spiro atoms. The van der Waals surface area contributed by atoms with Gasteiger partial charge in [-0.25, -0.2) is 0 Å². The van der Waals surface area contributed by atoms with Crippen LogP contribution in [0.25, 0.3) is 0 Å². The Bertz CT molecular complexity index is 639. The number of aromatic nitrogens is 1. The van der Waals surface area contributed by atoms with Crippen molar-refractivity contribution >= 4 is 22.0 Å². The number of anilines is 1. The Morgan fingerprint density at radius 2 is 2.00 bits per heavy atom. The van der Waals surface area contributed by atoms with Gasteiger partial charge in [-0.1, -0.05) is 20.8 Å². The number of aliphatic imine (C=N–C) groups is 1. The third kappa shape index (κ3) is 12.0. The minimum Gasteiger partial charge on any atom is -0.352 e. The maximum Gasteiger partial charge on any atom is 0.394 e. The molecule has 128 valence electrons. The van der Waals surface area contributed by atoms with Crippen LogP contribution in [-0.2, 0) is 10.4 Å². The van der Waals surface area contributed by atoms with Crippen molar-refractivity contribution in [2.24, 2.45) is 10.4 Å². The van der Waals surface area contributed by atoms with Crippen LogP contribution in [0.3, 0.4) is 0 Å². The Kier molecular flexibility index (Phi) is 8.17. The van der Waals surface area contributed by atoms with E-state index in [9.17, 15) is 0 Å². The van der Waals surface area contributed by atoms with Crippen molar-refractivity contribution in [3.63, 3.8) is 0 Å². The molecule has 23 heavy (non-hydrogen) atoms. The second kappa shape index (κ2) is 9.04. The summed E-state index contributed by atoms with van der Waals surface area (Å²) in [6.45, 7) is 8.42. The molecule has 0 aromatic carbocycles. The lowest BCUT2D eigenvalue weighted by Crippen LogP contribution is -2.44. The summed E-state index contributed by atoms with van der Waals surface area (Å²) in [5.74, 6) is 0.438. The molecule has 9 nitrogen and oxygen atoms in total. The molecule has 0 fully saturated rings. The fourth-order valence-corrected chi connectivity index (χ4v) is 1.14.